The lowest BCUT2D eigenvalue weighted by molar-refractivity contribution is 0.0845. The van der Waals surface area contributed by atoms with Crippen molar-refractivity contribution in [3.63, 3.8) is 0 Å². The van der Waals surface area contributed by atoms with Gasteiger partial charge in [0.25, 0.3) is 11.8 Å². The second-order valence-corrected chi connectivity index (χ2v) is 6.65. The summed E-state index contributed by atoms with van der Waals surface area (Å²) >= 11 is 1.64. The number of hydrogen-bond acceptors (Lipinski definition) is 3. The van der Waals surface area contributed by atoms with Crippen molar-refractivity contribution in [1.29, 1.82) is 0 Å². The van der Waals surface area contributed by atoms with Crippen LogP contribution in [0.3, 0.4) is 0 Å². The first kappa shape index (κ1) is 14.0. The molecular weight excluding hydrogens is 306 g/mol. The van der Waals surface area contributed by atoms with Gasteiger partial charge < -0.3 is 0 Å². The molecule has 1 aliphatic heterocycles. The van der Waals surface area contributed by atoms with Crippen molar-refractivity contribution in [1.82, 2.24) is 5.32 Å². The lowest BCUT2D eigenvalue weighted by atomic mass is 9.95. The molecule has 0 aliphatic carbocycles. The Morgan fingerprint density at radius 1 is 0.826 bits per heavy atom. The molecule has 0 bridgehead atoms. The van der Waals surface area contributed by atoms with Gasteiger partial charge in [0, 0.05) is 26.3 Å². The average molecular weight is 319 g/mol. The summed E-state index contributed by atoms with van der Waals surface area (Å²) in [7, 11) is 0. The number of imide groups is 1. The monoisotopic (exact) mass is 319 g/mol. The van der Waals surface area contributed by atoms with Crippen LogP contribution in [0.4, 0.5) is 0 Å². The summed E-state index contributed by atoms with van der Waals surface area (Å²) in [5.74, 6) is -0.656. The molecule has 1 heterocycles. The number of nitrogens with one attached hydrogen (secondary N) is 1. The molecule has 0 fully saturated rings. The van der Waals surface area contributed by atoms with Crippen molar-refractivity contribution in [2.45, 2.75) is 16.7 Å². The minimum Gasteiger partial charge on any atom is -0.288 e. The number of rotatable bonds is 2. The fourth-order valence-corrected chi connectivity index (χ4v) is 3.76. The molecule has 2 amide bonds. The maximum atomic E-state index is 12.1. The highest BCUT2D eigenvalue weighted by molar-refractivity contribution is 7.99. The molecule has 1 N–H and O–H groups in total. The minimum atomic E-state index is -0.328. The smallest absolute Gasteiger partial charge is 0.258 e. The van der Waals surface area contributed by atoms with E-state index in [0.29, 0.717) is 11.1 Å². The highest BCUT2D eigenvalue weighted by Gasteiger charge is 2.25. The Kier molecular flexibility index (Phi) is 3.20. The van der Waals surface area contributed by atoms with Crippen LogP contribution in [0.15, 0.2) is 64.4 Å². The van der Waals surface area contributed by atoms with E-state index in [4.69, 9.17) is 0 Å². The summed E-state index contributed by atoms with van der Waals surface area (Å²) < 4.78 is 0. The van der Waals surface area contributed by atoms with Gasteiger partial charge in [-0.15, -0.1) is 0 Å². The zero-order valence-corrected chi connectivity index (χ0v) is 13.2. The second-order valence-electron chi connectivity index (χ2n) is 5.54. The summed E-state index contributed by atoms with van der Waals surface area (Å²) in [6, 6.07) is 17.6. The van der Waals surface area contributed by atoms with Crippen LogP contribution >= 0.6 is 11.8 Å². The molecule has 0 saturated carbocycles. The third-order valence-corrected chi connectivity index (χ3v) is 5.05. The molecule has 0 radical (unpaired) electrons. The Balaban J connectivity index is 1.90. The van der Waals surface area contributed by atoms with Gasteiger partial charge >= 0.3 is 0 Å². The first-order valence-electron chi connectivity index (χ1n) is 7.29. The molecular formula is C19H13NO2S. The van der Waals surface area contributed by atoms with Crippen LogP contribution in [0, 0.1) is 6.92 Å². The SMILES string of the molecule is Cc1ccc(Sc2ccc3c4c(cccc24)C(=O)NC3=O)cc1. The fourth-order valence-electron chi connectivity index (χ4n) is 2.82. The van der Waals surface area contributed by atoms with Crippen LogP contribution in [0.5, 0.6) is 0 Å². The Bertz CT molecular complexity index is 941. The molecule has 0 aromatic heterocycles. The largest absolute Gasteiger partial charge is 0.288 e. The number of carbonyl (C=O) groups is 2. The van der Waals surface area contributed by atoms with Gasteiger partial charge in [0.15, 0.2) is 0 Å². The molecule has 3 aromatic rings. The zero-order chi connectivity index (χ0) is 16.0. The third kappa shape index (κ3) is 2.32. The standard InChI is InChI=1S/C19H13NO2S/c1-11-5-7-12(8-6-11)23-16-10-9-15-17-13(16)3-2-4-14(17)18(21)20-19(15)22/h2-10H,1H3,(H,20,21,22). The van der Waals surface area contributed by atoms with Crippen molar-refractivity contribution >= 4 is 34.3 Å². The summed E-state index contributed by atoms with van der Waals surface area (Å²) in [5.41, 5.74) is 2.33. The van der Waals surface area contributed by atoms with Crippen LogP contribution in [0.25, 0.3) is 10.8 Å². The number of aryl methyl sites for hydroxylation is 1. The lowest BCUT2D eigenvalue weighted by Crippen LogP contribution is -2.34. The van der Waals surface area contributed by atoms with Gasteiger partial charge in [-0.2, -0.15) is 0 Å². The van der Waals surface area contributed by atoms with Crippen LogP contribution in [-0.4, -0.2) is 11.8 Å². The van der Waals surface area contributed by atoms with Crippen molar-refractivity contribution < 1.29 is 9.59 Å². The van der Waals surface area contributed by atoms with E-state index in [1.54, 1.807) is 23.9 Å². The molecule has 4 heteroatoms. The van der Waals surface area contributed by atoms with E-state index in [1.165, 1.54) is 5.56 Å². The summed E-state index contributed by atoms with van der Waals surface area (Å²) in [6.07, 6.45) is 0. The maximum absolute atomic E-state index is 12.1. The van der Waals surface area contributed by atoms with Crippen LogP contribution in [0.1, 0.15) is 26.3 Å². The Hall–Kier alpha value is -2.59. The van der Waals surface area contributed by atoms with Crippen LogP contribution in [0.2, 0.25) is 0 Å². The summed E-state index contributed by atoms with van der Waals surface area (Å²) in [4.78, 5) is 26.3. The predicted molar refractivity (Wildman–Crippen MR) is 91.0 cm³/mol. The minimum absolute atomic E-state index is 0.328. The van der Waals surface area contributed by atoms with Gasteiger partial charge in [-0.25, -0.2) is 0 Å². The predicted octanol–water partition coefficient (Wildman–Crippen LogP) is 4.18. The third-order valence-electron chi connectivity index (χ3n) is 3.97. The Morgan fingerprint density at radius 3 is 2.26 bits per heavy atom. The normalized spacial score (nSPS) is 13.3. The molecule has 23 heavy (non-hydrogen) atoms. The fraction of sp³-hybridized carbons (Fsp3) is 0.0526. The first-order valence-corrected chi connectivity index (χ1v) is 8.11. The number of carbonyl (C=O) groups excluding carboxylic acids is 2. The van der Waals surface area contributed by atoms with Crippen molar-refractivity contribution in [2.24, 2.45) is 0 Å². The van der Waals surface area contributed by atoms with Gasteiger partial charge in [0.05, 0.1) is 0 Å². The van der Waals surface area contributed by atoms with Crippen LogP contribution < -0.4 is 5.32 Å². The van der Waals surface area contributed by atoms with E-state index >= 15 is 0 Å². The average Bonchev–Trinajstić information content (AvgIpc) is 2.55. The van der Waals surface area contributed by atoms with E-state index in [2.05, 4.69) is 36.5 Å². The maximum Gasteiger partial charge on any atom is 0.258 e. The highest BCUT2D eigenvalue weighted by atomic mass is 32.2. The zero-order valence-electron chi connectivity index (χ0n) is 12.4. The summed E-state index contributed by atoms with van der Waals surface area (Å²) in [5, 5.41) is 4.07. The van der Waals surface area contributed by atoms with Gasteiger partial charge in [-0.3, -0.25) is 14.9 Å². The van der Waals surface area contributed by atoms with Gasteiger partial charge in [0.1, 0.15) is 0 Å². The van der Waals surface area contributed by atoms with Gasteiger partial charge in [-0.1, -0.05) is 41.6 Å². The quantitative estimate of drug-likeness (QED) is 0.721. The van der Waals surface area contributed by atoms with Crippen molar-refractivity contribution in [3.8, 4) is 0 Å². The molecule has 112 valence electrons. The van der Waals surface area contributed by atoms with Crippen molar-refractivity contribution in [3.05, 3.63) is 71.3 Å². The van der Waals surface area contributed by atoms with Crippen molar-refractivity contribution in [2.75, 3.05) is 0 Å². The van der Waals surface area contributed by atoms with E-state index in [0.717, 1.165) is 20.6 Å². The van der Waals surface area contributed by atoms with E-state index < -0.39 is 0 Å². The molecule has 0 unspecified atom stereocenters. The highest BCUT2D eigenvalue weighted by Crippen LogP contribution is 2.37. The van der Waals surface area contributed by atoms with Gasteiger partial charge in [-0.05, 0) is 42.6 Å². The molecule has 3 aromatic carbocycles. The van der Waals surface area contributed by atoms with E-state index in [1.807, 2.05) is 18.2 Å². The number of amides is 2. The Labute approximate surface area is 137 Å². The molecule has 0 spiro atoms. The molecule has 3 nitrogen and oxygen atoms in total. The van der Waals surface area contributed by atoms with Crippen LogP contribution in [-0.2, 0) is 0 Å². The number of hydrogen-bond donors (Lipinski definition) is 1. The molecule has 4 rings (SSSR count). The molecule has 0 saturated heterocycles. The second kappa shape index (κ2) is 5.25. The topological polar surface area (TPSA) is 46.2 Å². The first-order chi connectivity index (χ1) is 11.1. The Morgan fingerprint density at radius 2 is 1.52 bits per heavy atom. The van der Waals surface area contributed by atoms with Gasteiger partial charge in [0.2, 0.25) is 0 Å². The summed E-state index contributed by atoms with van der Waals surface area (Å²) in [6.45, 7) is 2.06. The molecule has 1 aliphatic rings. The molecule has 0 atom stereocenters. The lowest BCUT2D eigenvalue weighted by Gasteiger charge is -2.18. The van der Waals surface area contributed by atoms with E-state index in [-0.39, 0.29) is 11.8 Å². The van der Waals surface area contributed by atoms with E-state index in [9.17, 15) is 9.59 Å². The number of benzene rings is 3.